The molecule has 0 fully saturated rings. The lowest BCUT2D eigenvalue weighted by Crippen LogP contribution is -1.88. The van der Waals surface area contributed by atoms with Crippen molar-refractivity contribution in [2.45, 2.75) is 0 Å². The van der Waals surface area contributed by atoms with E-state index in [1.54, 1.807) is 23.0 Å². The molecular formula is C11H11FN2O. The molecule has 0 amide bonds. The molecule has 1 heterocycles. The van der Waals surface area contributed by atoms with Gasteiger partial charge in [-0.1, -0.05) is 6.07 Å². The van der Waals surface area contributed by atoms with Gasteiger partial charge in [0, 0.05) is 18.8 Å². The number of rotatable bonds is 2. The molecule has 0 atom stereocenters. The highest BCUT2D eigenvalue weighted by Crippen LogP contribution is 2.24. The van der Waals surface area contributed by atoms with E-state index < -0.39 is 0 Å². The van der Waals surface area contributed by atoms with Gasteiger partial charge < -0.3 is 4.74 Å². The van der Waals surface area contributed by atoms with E-state index in [2.05, 4.69) is 5.10 Å². The molecule has 4 heteroatoms. The Kier molecular flexibility index (Phi) is 2.41. The third kappa shape index (κ3) is 1.83. The predicted octanol–water partition coefficient (Wildman–Crippen LogP) is 2.23. The Balaban J connectivity index is 2.42. The number of nitrogens with zero attached hydrogens (tertiary/aromatic N) is 2. The molecular weight excluding hydrogens is 195 g/mol. The minimum Gasteiger partial charge on any atom is -0.494 e. The molecule has 78 valence electrons. The van der Waals surface area contributed by atoms with Gasteiger partial charge in [0.05, 0.1) is 13.3 Å². The van der Waals surface area contributed by atoms with Crippen molar-refractivity contribution in [3.05, 3.63) is 36.4 Å². The zero-order chi connectivity index (χ0) is 10.8. The van der Waals surface area contributed by atoms with Crippen molar-refractivity contribution in [3.8, 4) is 16.9 Å². The third-order valence-corrected chi connectivity index (χ3v) is 2.19. The fraction of sp³-hybridized carbons (Fsp3) is 0.182. The molecule has 0 saturated carbocycles. The second kappa shape index (κ2) is 3.73. The van der Waals surface area contributed by atoms with Crippen LogP contribution in [0.25, 0.3) is 11.1 Å². The first-order valence-corrected chi connectivity index (χ1v) is 4.53. The van der Waals surface area contributed by atoms with E-state index in [-0.39, 0.29) is 11.6 Å². The molecule has 15 heavy (non-hydrogen) atoms. The summed E-state index contributed by atoms with van der Waals surface area (Å²) < 4.78 is 19.9. The molecule has 0 aliphatic rings. The van der Waals surface area contributed by atoms with Crippen molar-refractivity contribution in [2.75, 3.05) is 7.11 Å². The number of ether oxygens (including phenoxy) is 1. The smallest absolute Gasteiger partial charge is 0.165 e. The second-order valence-corrected chi connectivity index (χ2v) is 3.25. The summed E-state index contributed by atoms with van der Waals surface area (Å²) in [6, 6.07) is 4.85. The van der Waals surface area contributed by atoms with Crippen LogP contribution in [0, 0.1) is 5.82 Å². The Morgan fingerprint density at radius 3 is 2.67 bits per heavy atom. The van der Waals surface area contributed by atoms with Gasteiger partial charge in [-0.15, -0.1) is 0 Å². The Labute approximate surface area is 87.1 Å². The average Bonchev–Trinajstić information content (AvgIpc) is 2.65. The largest absolute Gasteiger partial charge is 0.494 e. The fourth-order valence-electron chi connectivity index (χ4n) is 1.42. The second-order valence-electron chi connectivity index (χ2n) is 3.25. The lowest BCUT2D eigenvalue weighted by atomic mass is 10.1. The average molecular weight is 206 g/mol. The van der Waals surface area contributed by atoms with Crippen LogP contribution in [0.15, 0.2) is 30.6 Å². The van der Waals surface area contributed by atoms with Crippen LogP contribution in [0.5, 0.6) is 5.75 Å². The maximum absolute atomic E-state index is 13.4. The van der Waals surface area contributed by atoms with Gasteiger partial charge in [-0.3, -0.25) is 4.68 Å². The number of benzene rings is 1. The van der Waals surface area contributed by atoms with Crippen LogP contribution in [0.1, 0.15) is 0 Å². The van der Waals surface area contributed by atoms with E-state index >= 15 is 0 Å². The normalized spacial score (nSPS) is 10.3. The Morgan fingerprint density at radius 1 is 1.33 bits per heavy atom. The van der Waals surface area contributed by atoms with Gasteiger partial charge >= 0.3 is 0 Å². The minimum atomic E-state index is -0.362. The van der Waals surface area contributed by atoms with Crippen molar-refractivity contribution in [2.24, 2.45) is 7.05 Å². The van der Waals surface area contributed by atoms with Gasteiger partial charge in [0.25, 0.3) is 0 Å². The van der Waals surface area contributed by atoms with E-state index in [1.807, 2.05) is 13.2 Å². The van der Waals surface area contributed by atoms with Gasteiger partial charge in [0.1, 0.15) is 0 Å². The highest BCUT2D eigenvalue weighted by atomic mass is 19.1. The molecule has 2 rings (SSSR count). The van der Waals surface area contributed by atoms with Crippen molar-refractivity contribution in [3.63, 3.8) is 0 Å². The highest BCUT2D eigenvalue weighted by molar-refractivity contribution is 5.62. The summed E-state index contributed by atoms with van der Waals surface area (Å²) in [4.78, 5) is 0. The molecule has 0 bridgehead atoms. The standard InChI is InChI=1S/C11H11FN2O/c1-14-7-9(6-13-14)8-3-4-11(15-2)10(12)5-8/h3-7H,1-2H3. The van der Waals surface area contributed by atoms with Crippen molar-refractivity contribution >= 4 is 0 Å². The van der Waals surface area contributed by atoms with E-state index in [4.69, 9.17) is 4.74 Å². The topological polar surface area (TPSA) is 27.1 Å². The zero-order valence-corrected chi connectivity index (χ0v) is 8.57. The number of methoxy groups -OCH3 is 1. The van der Waals surface area contributed by atoms with Gasteiger partial charge in [-0.2, -0.15) is 5.10 Å². The SMILES string of the molecule is COc1ccc(-c2cnn(C)c2)cc1F. The number of hydrogen-bond acceptors (Lipinski definition) is 2. The summed E-state index contributed by atoms with van der Waals surface area (Å²) in [5.41, 5.74) is 1.68. The number of halogens is 1. The number of hydrogen-bond donors (Lipinski definition) is 0. The van der Waals surface area contributed by atoms with Crippen LogP contribution >= 0.6 is 0 Å². The van der Waals surface area contributed by atoms with Gasteiger partial charge in [-0.25, -0.2) is 4.39 Å². The molecule has 2 aromatic rings. The van der Waals surface area contributed by atoms with E-state index in [0.29, 0.717) is 0 Å². The van der Waals surface area contributed by atoms with E-state index in [9.17, 15) is 4.39 Å². The Hall–Kier alpha value is -1.84. The fourth-order valence-corrected chi connectivity index (χ4v) is 1.42. The summed E-state index contributed by atoms with van der Waals surface area (Å²) in [5.74, 6) is -0.110. The summed E-state index contributed by atoms with van der Waals surface area (Å²) in [6.45, 7) is 0. The van der Waals surface area contributed by atoms with Crippen LogP contribution in [-0.2, 0) is 7.05 Å². The van der Waals surface area contributed by atoms with Crippen LogP contribution in [0.4, 0.5) is 4.39 Å². The summed E-state index contributed by atoms with van der Waals surface area (Å²) in [6.07, 6.45) is 3.53. The molecule has 1 aromatic carbocycles. The molecule has 0 aliphatic heterocycles. The highest BCUT2D eigenvalue weighted by Gasteiger charge is 2.06. The maximum atomic E-state index is 13.4. The van der Waals surface area contributed by atoms with E-state index in [1.165, 1.54) is 13.2 Å². The molecule has 0 aliphatic carbocycles. The summed E-state index contributed by atoms with van der Waals surface area (Å²) >= 11 is 0. The maximum Gasteiger partial charge on any atom is 0.165 e. The van der Waals surface area contributed by atoms with E-state index in [0.717, 1.165) is 11.1 Å². The summed E-state index contributed by atoms with van der Waals surface area (Å²) in [5, 5.41) is 4.03. The molecule has 0 radical (unpaired) electrons. The van der Waals surface area contributed by atoms with Crippen molar-refractivity contribution in [1.82, 2.24) is 9.78 Å². The molecule has 0 saturated heterocycles. The quantitative estimate of drug-likeness (QED) is 0.753. The molecule has 1 aromatic heterocycles. The van der Waals surface area contributed by atoms with Crippen LogP contribution in [0.3, 0.4) is 0 Å². The van der Waals surface area contributed by atoms with Crippen LogP contribution in [-0.4, -0.2) is 16.9 Å². The van der Waals surface area contributed by atoms with Gasteiger partial charge in [-0.05, 0) is 17.7 Å². The van der Waals surface area contributed by atoms with Gasteiger partial charge in [0.2, 0.25) is 0 Å². The van der Waals surface area contributed by atoms with Crippen molar-refractivity contribution in [1.29, 1.82) is 0 Å². The monoisotopic (exact) mass is 206 g/mol. The Bertz CT molecular complexity index is 479. The number of aryl methyl sites for hydroxylation is 1. The summed E-state index contributed by atoms with van der Waals surface area (Å²) in [7, 11) is 3.27. The van der Waals surface area contributed by atoms with Gasteiger partial charge in [0.15, 0.2) is 11.6 Å². The lowest BCUT2D eigenvalue weighted by Gasteiger charge is -2.03. The molecule has 0 unspecified atom stereocenters. The third-order valence-electron chi connectivity index (χ3n) is 2.19. The molecule has 0 N–H and O–H groups in total. The molecule has 0 spiro atoms. The lowest BCUT2D eigenvalue weighted by molar-refractivity contribution is 0.386. The van der Waals surface area contributed by atoms with Crippen LogP contribution < -0.4 is 4.74 Å². The Morgan fingerprint density at radius 2 is 2.13 bits per heavy atom. The van der Waals surface area contributed by atoms with Crippen LogP contribution in [0.2, 0.25) is 0 Å². The zero-order valence-electron chi connectivity index (χ0n) is 8.57. The number of aromatic nitrogens is 2. The predicted molar refractivity (Wildman–Crippen MR) is 55.2 cm³/mol. The first-order chi connectivity index (χ1) is 7.20. The first-order valence-electron chi connectivity index (χ1n) is 4.53. The molecule has 3 nitrogen and oxygen atoms in total. The first kappa shape index (κ1) is 9.71. The van der Waals surface area contributed by atoms with Crippen molar-refractivity contribution < 1.29 is 9.13 Å². The minimum absolute atomic E-state index is 0.252.